The minimum Gasteiger partial charge on any atom is -0.481 e. The van der Waals surface area contributed by atoms with Crippen LogP contribution in [0.15, 0.2) is 40.9 Å². The highest BCUT2D eigenvalue weighted by molar-refractivity contribution is 9.10. The van der Waals surface area contributed by atoms with Crippen molar-refractivity contribution < 1.29 is 9.53 Å². The number of hydrogen-bond acceptors (Lipinski definition) is 3. The summed E-state index contributed by atoms with van der Waals surface area (Å²) in [6, 6.07) is 10.2. The van der Waals surface area contributed by atoms with Crippen molar-refractivity contribution in [3.63, 3.8) is 0 Å². The Hall–Kier alpha value is -1.43. The first-order valence-electron chi connectivity index (χ1n) is 5.88. The summed E-state index contributed by atoms with van der Waals surface area (Å²) in [4.78, 5) is 11.8. The Morgan fingerprint density at radius 1 is 1.19 bits per heavy atom. The molecular formula is C14H11BrCl2N2O2. The number of carbonyl (C=O) groups is 1. The summed E-state index contributed by atoms with van der Waals surface area (Å²) in [7, 11) is 0. The van der Waals surface area contributed by atoms with Gasteiger partial charge in [0.1, 0.15) is 0 Å². The van der Waals surface area contributed by atoms with E-state index in [2.05, 4.69) is 21.2 Å². The molecule has 0 aliphatic heterocycles. The number of carbonyl (C=O) groups excluding carboxylic acids is 1. The summed E-state index contributed by atoms with van der Waals surface area (Å²) in [5.74, 6) is -0.0835. The molecule has 21 heavy (non-hydrogen) atoms. The zero-order chi connectivity index (χ0) is 15.4. The molecule has 4 nitrogen and oxygen atoms in total. The third-order valence-corrected chi connectivity index (χ3v) is 3.59. The fraction of sp³-hybridized carbons (Fsp3) is 0.0714. The van der Waals surface area contributed by atoms with Gasteiger partial charge in [-0.2, -0.15) is 0 Å². The molecule has 1 amide bonds. The van der Waals surface area contributed by atoms with Crippen LogP contribution in [0.4, 0.5) is 11.4 Å². The molecule has 0 aliphatic rings. The molecule has 0 aromatic heterocycles. The summed E-state index contributed by atoms with van der Waals surface area (Å²) in [6.45, 7) is -0.209. The molecule has 0 radical (unpaired) electrons. The average molecular weight is 390 g/mol. The van der Waals surface area contributed by atoms with Gasteiger partial charge in [0.15, 0.2) is 12.4 Å². The number of amides is 1. The Balaban J connectivity index is 1.97. The highest BCUT2D eigenvalue weighted by Gasteiger charge is 2.11. The summed E-state index contributed by atoms with van der Waals surface area (Å²) in [6.07, 6.45) is 0. The Bertz CT molecular complexity index is 640. The molecular weight excluding hydrogens is 379 g/mol. The number of anilines is 2. The van der Waals surface area contributed by atoms with Gasteiger partial charge in [0.2, 0.25) is 0 Å². The molecule has 2 rings (SSSR count). The quantitative estimate of drug-likeness (QED) is 0.763. The van der Waals surface area contributed by atoms with Crippen molar-refractivity contribution in [2.45, 2.75) is 0 Å². The molecule has 3 N–H and O–H groups in total. The van der Waals surface area contributed by atoms with Gasteiger partial charge in [0.05, 0.1) is 10.0 Å². The van der Waals surface area contributed by atoms with Crippen LogP contribution in [0.25, 0.3) is 0 Å². The minimum absolute atomic E-state index is 0.209. The van der Waals surface area contributed by atoms with E-state index < -0.39 is 0 Å². The van der Waals surface area contributed by atoms with E-state index in [0.717, 1.165) is 4.47 Å². The van der Waals surface area contributed by atoms with Gasteiger partial charge in [-0.05, 0) is 36.4 Å². The van der Waals surface area contributed by atoms with Crippen LogP contribution >= 0.6 is 39.1 Å². The van der Waals surface area contributed by atoms with E-state index >= 15 is 0 Å². The highest BCUT2D eigenvalue weighted by atomic mass is 79.9. The maximum Gasteiger partial charge on any atom is 0.262 e. The fourth-order valence-electron chi connectivity index (χ4n) is 1.59. The number of halogens is 3. The minimum atomic E-state index is -0.318. The lowest BCUT2D eigenvalue weighted by atomic mass is 10.3. The van der Waals surface area contributed by atoms with Crippen LogP contribution in [0, 0.1) is 0 Å². The predicted octanol–water partition coefficient (Wildman–Crippen LogP) is 4.36. The summed E-state index contributed by atoms with van der Waals surface area (Å²) in [5, 5.41) is 3.22. The molecule has 2 aromatic rings. The first kappa shape index (κ1) is 15.9. The Kier molecular flexibility index (Phi) is 5.33. The number of nitrogens with one attached hydrogen (secondary N) is 1. The van der Waals surface area contributed by atoms with Crippen molar-refractivity contribution in [2.75, 3.05) is 17.7 Å². The average Bonchev–Trinajstić information content (AvgIpc) is 2.40. The zero-order valence-electron chi connectivity index (χ0n) is 10.7. The van der Waals surface area contributed by atoms with Gasteiger partial charge in [-0.15, -0.1) is 0 Å². The summed E-state index contributed by atoms with van der Waals surface area (Å²) in [5.41, 5.74) is 6.69. The molecule has 0 saturated carbocycles. The van der Waals surface area contributed by atoms with Crippen molar-refractivity contribution in [2.24, 2.45) is 0 Å². The Morgan fingerprint density at radius 2 is 1.76 bits per heavy atom. The van der Waals surface area contributed by atoms with E-state index in [9.17, 15) is 4.79 Å². The standard InChI is InChI=1S/C14H11BrCl2N2O2/c15-8-1-3-10(4-2-8)19-13(20)7-21-14-11(16)5-9(18)6-12(14)17/h1-6H,7,18H2,(H,19,20). The Morgan fingerprint density at radius 3 is 2.33 bits per heavy atom. The van der Waals surface area contributed by atoms with E-state index in [1.807, 2.05) is 12.1 Å². The molecule has 0 saturated heterocycles. The molecule has 0 bridgehead atoms. The Labute approximate surface area is 140 Å². The summed E-state index contributed by atoms with van der Waals surface area (Å²) >= 11 is 15.3. The first-order chi connectivity index (χ1) is 9.95. The van der Waals surface area contributed by atoms with Gasteiger partial charge in [0, 0.05) is 15.8 Å². The van der Waals surface area contributed by atoms with Gasteiger partial charge < -0.3 is 15.8 Å². The van der Waals surface area contributed by atoms with Crippen LogP contribution in [0.2, 0.25) is 10.0 Å². The SMILES string of the molecule is Nc1cc(Cl)c(OCC(=O)Nc2ccc(Br)cc2)c(Cl)c1. The van der Waals surface area contributed by atoms with Gasteiger partial charge in [0.25, 0.3) is 5.91 Å². The molecule has 0 heterocycles. The van der Waals surface area contributed by atoms with Crippen molar-refractivity contribution >= 4 is 56.4 Å². The highest BCUT2D eigenvalue weighted by Crippen LogP contribution is 2.35. The number of nitrogens with two attached hydrogens (primary N) is 1. The first-order valence-corrected chi connectivity index (χ1v) is 7.43. The molecule has 7 heteroatoms. The van der Waals surface area contributed by atoms with Crippen molar-refractivity contribution in [3.05, 3.63) is 50.9 Å². The second-order valence-corrected chi connectivity index (χ2v) is 5.89. The summed E-state index contributed by atoms with van der Waals surface area (Å²) < 4.78 is 6.27. The van der Waals surface area contributed by atoms with Crippen LogP contribution in [-0.2, 0) is 4.79 Å². The van der Waals surface area contributed by atoms with E-state index in [1.54, 1.807) is 12.1 Å². The fourth-order valence-corrected chi connectivity index (χ4v) is 2.46. The number of hydrogen-bond donors (Lipinski definition) is 2. The number of nitrogen functional groups attached to an aromatic ring is 1. The monoisotopic (exact) mass is 388 g/mol. The largest absolute Gasteiger partial charge is 0.481 e. The van der Waals surface area contributed by atoms with Gasteiger partial charge in [-0.1, -0.05) is 39.1 Å². The number of ether oxygens (including phenoxy) is 1. The molecule has 0 fully saturated rings. The van der Waals surface area contributed by atoms with E-state index in [1.165, 1.54) is 12.1 Å². The van der Waals surface area contributed by atoms with Crippen LogP contribution in [0.3, 0.4) is 0 Å². The van der Waals surface area contributed by atoms with Crippen molar-refractivity contribution in [1.29, 1.82) is 0 Å². The van der Waals surface area contributed by atoms with Crippen LogP contribution in [0.1, 0.15) is 0 Å². The predicted molar refractivity (Wildman–Crippen MR) is 89.1 cm³/mol. The van der Waals surface area contributed by atoms with Gasteiger partial charge in [-0.3, -0.25) is 4.79 Å². The molecule has 0 spiro atoms. The van der Waals surface area contributed by atoms with E-state index in [0.29, 0.717) is 11.4 Å². The van der Waals surface area contributed by atoms with Crippen LogP contribution < -0.4 is 15.8 Å². The second-order valence-electron chi connectivity index (χ2n) is 4.16. The third kappa shape index (κ3) is 4.52. The topological polar surface area (TPSA) is 64.3 Å². The lowest BCUT2D eigenvalue weighted by Gasteiger charge is -2.11. The maximum absolute atomic E-state index is 11.8. The molecule has 2 aromatic carbocycles. The third-order valence-electron chi connectivity index (χ3n) is 2.50. The molecule has 0 aliphatic carbocycles. The number of benzene rings is 2. The van der Waals surface area contributed by atoms with Crippen LogP contribution in [0.5, 0.6) is 5.75 Å². The smallest absolute Gasteiger partial charge is 0.262 e. The molecule has 0 unspecified atom stereocenters. The maximum atomic E-state index is 11.8. The lowest BCUT2D eigenvalue weighted by Crippen LogP contribution is -2.20. The molecule has 110 valence electrons. The number of rotatable bonds is 4. The van der Waals surface area contributed by atoms with Gasteiger partial charge >= 0.3 is 0 Å². The zero-order valence-corrected chi connectivity index (χ0v) is 13.8. The van der Waals surface area contributed by atoms with E-state index in [-0.39, 0.29) is 28.3 Å². The van der Waals surface area contributed by atoms with E-state index in [4.69, 9.17) is 33.7 Å². The van der Waals surface area contributed by atoms with Crippen molar-refractivity contribution in [1.82, 2.24) is 0 Å². The second kappa shape index (κ2) is 7.02. The normalized spacial score (nSPS) is 10.2. The molecule has 0 atom stereocenters. The lowest BCUT2D eigenvalue weighted by molar-refractivity contribution is -0.118. The van der Waals surface area contributed by atoms with Crippen molar-refractivity contribution in [3.8, 4) is 5.75 Å². The van der Waals surface area contributed by atoms with Gasteiger partial charge in [-0.25, -0.2) is 0 Å². The van der Waals surface area contributed by atoms with Crippen LogP contribution in [-0.4, -0.2) is 12.5 Å².